The van der Waals surface area contributed by atoms with Crippen LogP contribution in [0.4, 0.5) is 0 Å². The van der Waals surface area contributed by atoms with E-state index < -0.39 is 0 Å². The topological polar surface area (TPSA) is 51.6 Å². The average Bonchev–Trinajstić information content (AvgIpc) is 3.44. The van der Waals surface area contributed by atoms with Crippen molar-refractivity contribution in [2.24, 2.45) is 0 Å². The molecule has 4 nitrogen and oxygen atoms in total. The van der Waals surface area contributed by atoms with E-state index in [-0.39, 0.29) is 0 Å². The number of thiazole rings is 3. The number of fused-ring (bicyclic) bond motifs is 7. The van der Waals surface area contributed by atoms with Crippen molar-refractivity contribution in [2.45, 2.75) is 45.4 Å². The maximum atomic E-state index is 5.00. The van der Waals surface area contributed by atoms with Gasteiger partial charge in [0.2, 0.25) is 0 Å². The van der Waals surface area contributed by atoms with Gasteiger partial charge in [0.05, 0.1) is 16.4 Å². The fraction of sp³-hybridized carbons (Fsp3) is 0.333. The minimum absolute atomic E-state index is 0.907. The van der Waals surface area contributed by atoms with Crippen molar-refractivity contribution in [3.63, 3.8) is 0 Å². The van der Waals surface area contributed by atoms with Crippen LogP contribution in [-0.2, 0) is 12.8 Å². The van der Waals surface area contributed by atoms with Gasteiger partial charge in [-0.05, 0) is 44.7 Å². The van der Waals surface area contributed by atoms with E-state index in [1.54, 1.807) is 34.0 Å². The van der Waals surface area contributed by atoms with E-state index in [2.05, 4.69) is 33.3 Å². The number of hydrogen-bond donors (Lipinski definition) is 0. The molecule has 0 aromatic carbocycles. The Kier molecular flexibility index (Phi) is 5.05. The summed E-state index contributed by atoms with van der Waals surface area (Å²) >= 11 is 5.09. The zero-order chi connectivity index (χ0) is 18.9. The van der Waals surface area contributed by atoms with Crippen molar-refractivity contribution in [3.05, 3.63) is 44.7 Å². The molecule has 142 valence electrons. The lowest BCUT2D eigenvalue weighted by atomic mass is 10.1. The lowest BCUT2D eigenvalue weighted by Gasteiger charge is -2.07. The summed E-state index contributed by atoms with van der Waals surface area (Å²) < 4.78 is 0. The third kappa shape index (κ3) is 3.66. The number of aromatic nitrogens is 4. The van der Waals surface area contributed by atoms with E-state index in [9.17, 15) is 0 Å². The van der Waals surface area contributed by atoms with Gasteiger partial charge in [0.15, 0.2) is 0 Å². The molecule has 0 spiro atoms. The van der Waals surface area contributed by atoms with Crippen LogP contribution in [0.3, 0.4) is 0 Å². The highest BCUT2D eigenvalue weighted by Gasteiger charge is 2.18. The molecule has 0 amide bonds. The molecule has 0 atom stereocenters. The standard InChI is InChI=1S/C21H20N4S3/c1-13-10-27-21(22-13)16-9-8-15-19(25-16)17-12-26-18(24-17)7-5-3-2-4-6-14-11-28-20(15)23-14/h8-12H,2-7H2,1H3. The van der Waals surface area contributed by atoms with Gasteiger partial charge in [-0.3, -0.25) is 0 Å². The second kappa shape index (κ2) is 7.81. The van der Waals surface area contributed by atoms with Crippen molar-refractivity contribution in [1.82, 2.24) is 19.9 Å². The number of aryl methyl sites for hydroxylation is 3. The van der Waals surface area contributed by atoms with E-state index in [0.717, 1.165) is 51.2 Å². The van der Waals surface area contributed by atoms with Crippen LogP contribution in [-0.4, -0.2) is 19.9 Å². The highest BCUT2D eigenvalue weighted by atomic mass is 32.1. The van der Waals surface area contributed by atoms with Crippen molar-refractivity contribution in [1.29, 1.82) is 0 Å². The Morgan fingerprint density at radius 2 is 1.57 bits per heavy atom. The number of hydrogen-bond acceptors (Lipinski definition) is 7. The molecule has 28 heavy (non-hydrogen) atoms. The molecule has 0 saturated heterocycles. The Labute approximate surface area is 176 Å². The van der Waals surface area contributed by atoms with Crippen LogP contribution in [0.15, 0.2) is 28.3 Å². The quantitative estimate of drug-likeness (QED) is 0.354. The first-order valence-electron chi connectivity index (χ1n) is 9.59. The monoisotopic (exact) mass is 424 g/mol. The lowest BCUT2D eigenvalue weighted by molar-refractivity contribution is 0.636. The van der Waals surface area contributed by atoms with Gasteiger partial charge in [-0.25, -0.2) is 19.9 Å². The molecule has 0 saturated carbocycles. The molecule has 4 aromatic rings. The van der Waals surface area contributed by atoms with Crippen LogP contribution in [0.2, 0.25) is 0 Å². The molecule has 0 radical (unpaired) electrons. The molecule has 0 N–H and O–H groups in total. The highest BCUT2D eigenvalue weighted by Crippen LogP contribution is 2.36. The van der Waals surface area contributed by atoms with E-state index >= 15 is 0 Å². The van der Waals surface area contributed by atoms with Gasteiger partial charge in [0, 0.05) is 27.4 Å². The zero-order valence-corrected chi connectivity index (χ0v) is 18.1. The molecule has 4 aromatic heterocycles. The summed E-state index contributed by atoms with van der Waals surface area (Å²) in [6, 6.07) is 4.20. The first-order chi connectivity index (χ1) is 13.8. The minimum Gasteiger partial charge on any atom is -0.243 e. The third-order valence-corrected chi connectivity index (χ3v) is 7.70. The molecule has 7 heteroatoms. The summed E-state index contributed by atoms with van der Waals surface area (Å²) in [5, 5.41) is 9.60. The summed E-state index contributed by atoms with van der Waals surface area (Å²) in [7, 11) is 0. The van der Waals surface area contributed by atoms with Crippen LogP contribution in [0.1, 0.15) is 42.1 Å². The van der Waals surface area contributed by atoms with Crippen molar-refractivity contribution < 1.29 is 0 Å². The molecule has 4 bridgehead atoms. The third-order valence-electron chi connectivity index (χ3n) is 4.88. The summed E-state index contributed by atoms with van der Waals surface area (Å²) in [6.45, 7) is 2.02. The van der Waals surface area contributed by atoms with Crippen molar-refractivity contribution in [3.8, 4) is 32.7 Å². The smallest absolute Gasteiger partial charge is 0.142 e. The van der Waals surface area contributed by atoms with Gasteiger partial charge < -0.3 is 0 Å². The van der Waals surface area contributed by atoms with Gasteiger partial charge in [-0.2, -0.15) is 0 Å². The molecular weight excluding hydrogens is 404 g/mol. The predicted octanol–water partition coefficient (Wildman–Crippen LogP) is 6.42. The molecule has 0 fully saturated rings. The van der Waals surface area contributed by atoms with Crippen molar-refractivity contribution >= 4 is 34.0 Å². The largest absolute Gasteiger partial charge is 0.243 e. The maximum absolute atomic E-state index is 5.00. The Hall–Kier alpha value is -1.96. The molecule has 1 aliphatic heterocycles. The molecule has 0 aliphatic carbocycles. The number of pyridine rings is 1. The van der Waals surface area contributed by atoms with Crippen LogP contribution < -0.4 is 0 Å². The molecular formula is C21H20N4S3. The van der Waals surface area contributed by atoms with Gasteiger partial charge in [0.1, 0.15) is 21.4 Å². The van der Waals surface area contributed by atoms with E-state index in [0.29, 0.717) is 0 Å². The average molecular weight is 425 g/mol. The fourth-order valence-electron chi connectivity index (χ4n) is 3.43. The Balaban J connectivity index is 1.65. The van der Waals surface area contributed by atoms with Gasteiger partial charge in [0.25, 0.3) is 0 Å². The minimum atomic E-state index is 0.907. The van der Waals surface area contributed by atoms with E-state index in [1.807, 2.05) is 6.92 Å². The Bertz CT molecular complexity index is 1110. The van der Waals surface area contributed by atoms with E-state index in [4.69, 9.17) is 15.0 Å². The second-order valence-electron chi connectivity index (χ2n) is 7.07. The molecule has 5 rings (SSSR count). The Morgan fingerprint density at radius 1 is 0.714 bits per heavy atom. The SMILES string of the molecule is Cc1csc(-c2ccc3c(n2)-c2csc(n2)CCCCCCc2csc-3n2)n1. The lowest BCUT2D eigenvalue weighted by Crippen LogP contribution is -1.95. The van der Waals surface area contributed by atoms with Crippen LogP contribution >= 0.6 is 34.0 Å². The summed E-state index contributed by atoms with van der Waals surface area (Å²) in [5.74, 6) is 0. The molecule has 0 unspecified atom stereocenters. The number of rotatable bonds is 1. The van der Waals surface area contributed by atoms with Crippen LogP contribution in [0.5, 0.6) is 0 Å². The Morgan fingerprint density at radius 3 is 2.43 bits per heavy atom. The zero-order valence-electron chi connectivity index (χ0n) is 15.6. The van der Waals surface area contributed by atoms with Crippen LogP contribution in [0, 0.1) is 6.92 Å². The van der Waals surface area contributed by atoms with Crippen molar-refractivity contribution in [2.75, 3.05) is 0 Å². The first kappa shape index (κ1) is 18.1. The first-order valence-corrected chi connectivity index (χ1v) is 12.2. The van der Waals surface area contributed by atoms with E-state index in [1.165, 1.54) is 36.4 Å². The fourth-order valence-corrected chi connectivity index (χ4v) is 5.90. The maximum Gasteiger partial charge on any atom is 0.142 e. The van der Waals surface area contributed by atoms with Crippen LogP contribution in [0.25, 0.3) is 32.7 Å². The van der Waals surface area contributed by atoms with Gasteiger partial charge >= 0.3 is 0 Å². The molecule has 1 aliphatic rings. The normalized spacial score (nSPS) is 14.5. The number of nitrogens with zero attached hydrogens (tertiary/aromatic N) is 4. The van der Waals surface area contributed by atoms with Gasteiger partial charge in [-0.15, -0.1) is 34.0 Å². The predicted molar refractivity (Wildman–Crippen MR) is 118 cm³/mol. The summed E-state index contributed by atoms with van der Waals surface area (Å²) in [6.07, 6.45) is 7.06. The second-order valence-corrected chi connectivity index (χ2v) is 9.73. The summed E-state index contributed by atoms with van der Waals surface area (Å²) in [4.78, 5) is 19.4. The van der Waals surface area contributed by atoms with Gasteiger partial charge in [-0.1, -0.05) is 12.8 Å². The summed E-state index contributed by atoms with van der Waals surface area (Å²) in [5.41, 5.74) is 6.08. The molecule has 5 heterocycles. The highest BCUT2D eigenvalue weighted by molar-refractivity contribution is 7.13.